The molecular weight excluding hydrogens is 252 g/mol. The first-order chi connectivity index (χ1) is 8.77. The summed E-state index contributed by atoms with van der Waals surface area (Å²) in [5, 5.41) is 11.5. The molecule has 6 nitrogen and oxygen atoms in total. The molecule has 1 aliphatic rings. The quantitative estimate of drug-likeness (QED) is 0.874. The second-order valence-electron chi connectivity index (χ2n) is 4.62. The first-order valence-corrected chi connectivity index (χ1v) is 6.54. The minimum atomic E-state index is 0.296. The molecule has 96 valence electrons. The van der Waals surface area contributed by atoms with Crippen LogP contribution in [0.5, 0.6) is 0 Å². The zero-order chi connectivity index (χ0) is 12.5. The molecule has 2 aromatic rings. The maximum atomic E-state index is 6.11. The summed E-state index contributed by atoms with van der Waals surface area (Å²) in [6.07, 6.45) is 7.61. The van der Waals surface area contributed by atoms with Gasteiger partial charge in [0.05, 0.1) is 6.04 Å². The van der Waals surface area contributed by atoms with Crippen molar-refractivity contribution in [1.29, 1.82) is 0 Å². The molecule has 0 spiro atoms. The van der Waals surface area contributed by atoms with Crippen LogP contribution in [0.3, 0.4) is 0 Å². The van der Waals surface area contributed by atoms with Crippen molar-refractivity contribution in [3.8, 4) is 11.5 Å². The molecular formula is C11H15ClN6. The van der Waals surface area contributed by atoms with Gasteiger partial charge in [-0.3, -0.25) is 5.10 Å². The molecule has 18 heavy (non-hydrogen) atoms. The minimum Gasteiger partial charge on any atom is -0.381 e. The third kappa shape index (κ3) is 1.86. The number of aromatic nitrogens is 5. The Bertz CT molecular complexity index is 539. The van der Waals surface area contributed by atoms with Crippen LogP contribution < -0.4 is 5.73 Å². The van der Waals surface area contributed by atoms with Crippen LogP contribution >= 0.6 is 11.6 Å². The Morgan fingerprint density at radius 3 is 2.78 bits per heavy atom. The van der Waals surface area contributed by atoms with Gasteiger partial charge < -0.3 is 5.73 Å². The lowest BCUT2D eigenvalue weighted by molar-refractivity contribution is 0.331. The topological polar surface area (TPSA) is 85.4 Å². The zero-order valence-electron chi connectivity index (χ0n) is 9.93. The molecule has 0 atom stereocenters. The Labute approximate surface area is 110 Å². The van der Waals surface area contributed by atoms with Crippen LogP contribution in [0, 0.1) is 0 Å². The molecule has 0 aromatic carbocycles. The van der Waals surface area contributed by atoms with Gasteiger partial charge in [-0.15, -0.1) is 0 Å². The molecule has 2 aromatic heterocycles. The molecule has 1 aliphatic carbocycles. The highest BCUT2D eigenvalue weighted by molar-refractivity contribution is 6.35. The highest BCUT2D eigenvalue weighted by atomic mass is 35.5. The first kappa shape index (κ1) is 11.5. The summed E-state index contributed by atoms with van der Waals surface area (Å²) in [6, 6.07) is 0.400. The van der Waals surface area contributed by atoms with E-state index in [4.69, 9.17) is 17.3 Å². The van der Waals surface area contributed by atoms with Gasteiger partial charge in [-0.05, 0) is 12.8 Å². The van der Waals surface area contributed by atoms with Crippen molar-refractivity contribution < 1.29 is 0 Å². The van der Waals surface area contributed by atoms with Gasteiger partial charge in [-0.1, -0.05) is 30.9 Å². The summed E-state index contributed by atoms with van der Waals surface area (Å²) in [5.41, 5.74) is 6.29. The number of nitrogen functional groups attached to an aromatic ring is 1. The van der Waals surface area contributed by atoms with Gasteiger partial charge >= 0.3 is 0 Å². The van der Waals surface area contributed by atoms with Gasteiger partial charge in [0.15, 0.2) is 11.6 Å². The second-order valence-corrected chi connectivity index (χ2v) is 5.00. The number of nitrogens with zero attached hydrogens (tertiary/aromatic N) is 4. The van der Waals surface area contributed by atoms with E-state index < -0.39 is 0 Å². The minimum absolute atomic E-state index is 0.296. The molecule has 1 fully saturated rings. The molecule has 0 aliphatic heterocycles. The second kappa shape index (κ2) is 4.61. The number of H-pyrrole nitrogens is 1. The van der Waals surface area contributed by atoms with Crippen LogP contribution in [0.1, 0.15) is 38.1 Å². The van der Waals surface area contributed by atoms with Gasteiger partial charge in [0.2, 0.25) is 0 Å². The van der Waals surface area contributed by atoms with Crippen molar-refractivity contribution in [2.24, 2.45) is 0 Å². The van der Waals surface area contributed by atoms with Crippen LogP contribution in [0.15, 0.2) is 6.33 Å². The summed E-state index contributed by atoms with van der Waals surface area (Å²) >= 11 is 6.11. The SMILES string of the molecule is Nc1n[nH]c(-c2ncnn2C2CCCCC2)c1Cl. The first-order valence-electron chi connectivity index (χ1n) is 6.16. The van der Waals surface area contributed by atoms with E-state index in [2.05, 4.69) is 20.3 Å². The number of rotatable bonds is 2. The lowest BCUT2D eigenvalue weighted by atomic mass is 9.95. The maximum Gasteiger partial charge on any atom is 0.178 e. The normalized spacial score (nSPS) is 17.2. The number of anilines is 1. The van der Waals surface area contributed by atoms with Gasteiger partial charge in [0, 0.05) is 0 Å². The summed E-state index contributed by atoms with van der Waals surface area (Å²) in [7, 11) is 0. The molecule has 0 bridgehead atoms. The van der Waals surface area contributed by atoms with E-state index in [1.165, 1.54) is 19.3 Å². The molecule has 3 rings (SSSR count). The monoisotopic (exact) mass is 266 g/mol. The van der Waals surface area contributed by atoms with E-state index in [0.29, 0.717) is 22.6 Å². The van der Waals surface area contributed by atoms with E-state index >= 15 is 0 Å². The summed E-state index contributed by atoms with van der Waals surface area (Å²) in [6.45, 7) is 0. The van der Waals surface area contributed by atoms with E-state index in [0.717, 1.165) is 18.7 Å². The van der Waals surface area contributed by atoms with Gasteiger partial charge in [0.1, 0.15) is 17.0 Å². The van der Waals surface area contributed by atoms with Crippen LogP contribution in [-0.4, -0.2) is 25.0 Å². The Kier molecular flexibility index (Phi) is 2.95. The van der Waals surface area contributed by atoms with E-state index in [-0.39, 0.29) is 0 Å². The standard InChI is InChI=1S/C11H15ClN6/c12-8-9(16-17-10(8)13)11-14-6-15-18(11)7-4-2-1-3-5-7/h6-7H,1-5H2,(H3,13,16,17). The third-order valence-corrected chi connectivity index (χ3v) is 3.83. The van der Waals surface area contributed by atoms with Crippen LogP contribution in [-0.2, 0) is 0 Å². The fourth-order valence-corrected chi connectivity index (χ4v) is 2.68. The van der Waals surface area contributed by atoms with Crippen molar-refractivity contribution in [3.63, 3.8) is 0 Å². The van der Waals surface area contributed by atoms with Crippen LogP contribution in [0.4, 0.5) is 5.82 Å². The number of hydrogen-bond donors (Lipinski definition) is 2. The van der Waals surface area contributed by atoms with Crippen molar-refractivity contribution >= 4 is 17.4 Å². The molecule has 0 amide bonds. The van der Waals surface area contributed by atoms with Crippen LogP contribution in [0.2, 0.25) is 5.02 Å². The Morgan fingerprint density at radius 2 is 2.11 bits per heavy atom. The largest absolute Gasteiger partial charge is 0.381 e. The van der Waals surface area contributed by atoms with E-state index in [1.54, 1.807) is 6.33 Å². The van der Waals surface area contributed by atoms with E-state index in [1.807, 2.05) is 4.68 Å². The smallest absolute Gasteiger partial charge is 0.178 e. The average molecular weight is 267 g/mol. The number of aromatic amines is 1. The van der Waals surface area contributed by atoms with Gasteiger partial charge in [-0.25, -0.2) is 9.67 Å². The fraction of sp³-hybridized carbons (Fsp3) is 0.545. The third-order valence-electron chi connectivity index (χ3n) is 3.45. The molecule has 0 unspecified atom stereocenters. The highest BCUT2D eigenvalue weighted by Gasteiger charge is 2.22. The predicted octanol–water partition coefficient (Wildman–Crippen LogP) is 2.41. The number of hydrogen-bond acceptors (Lipinski definition) is 4. The molecule has 0 radical (unpaired) electrons. The van der Waals surface area contributed by atoms with Gasteiger partial charge in [-0.2, -0.15) is 10.2 Å². The van der Waals surface area contributed by atoms with Crippen molar-refractivity contribution in [2.45, 2.75) is 38.1 Å². The molecule has 0 saturated heterocycles. The number of halogens is 1. The van der Waals surface area contributed by atoms with Crippen LogP contribution in [0.25, 0.3) is 11.5 Å². The summed E-state index contributed by atoms with van der Waals surface area (Å²) in [4.78, 5) is 4.28. The Morgan fingerprint density at radius 1 is 1.33 bits per heavy atom. The molecule has 3 N–H and O–H groups in total. The van der Waals surface area contributed by atoms with Crippen molar-refractivity contribution in [3.05, 3.63) is 11.3 Å². The molecule has 7 heteroatoms. The van der Waals surface area contributed by atoms with Crippen molar-refractivity contribution in [2.75, 3.05) is 5.73 Å². The summed E-state index contributed by atoms with van der Waals surface area (Å²) in [5.74, 6) is 1.01. The van der Waals surface area contributed by atoms with E-state index in [9.17, 15) is 0 Å². The lowest BCUT2D eigenvalue weighted by Gasteiger charge is -2.22. The predicted molar refractivity (Wildman–Crippen MR) is 69.1 cm³/mol. The fourth-order valence-electron chi connectivity index (χ4n) is 2.51. The molecule has 2 heterocycles. The maximum absolute atomic E-state index is 6.11. The Balaban J connectivity index is 1.98. The number of nitrogens with one attached hydrogen (secondary N) is 1. The summed E-state index contributed by atoms with van der Waals surface area (Å²) < 4.78 is 1.94. The zero-order valence-corrected chi connectivity index (χ0v) is 10.7. The Hall–Kier alpha value is -1.56. The van der Waals surface area contributed by atoms with Gasteiger partial charge in [0.25, 0.3) is 0 Å². The lowest BCUT2D eigenvalue weighted by Crippen LogP contribution is -2.15. The van der Waals surface area contributed by atoms with Crippen molar-refractivity contribution in [1.82, 2.24) is 25.0 Å². The molecule has 1 saturated carbocycles. The number of nitrogens with two attached hydrogens (primary N) is 1. The average Bonchev–Trinajstić information content (AvgIpc) is 2.99. The highest BCUT2D eigenvalue weighted by Crippen LogP contribution is 2.33.